The van der Waals surface area contributed by atoms with Crippen LogP contribution in [0.5, 0.6) is 0 Å². The first-order valence-electron chi connectivity index (χ1n) is 9.67. The molecule has 0 bridgehead atoms. The highest BCUT2D eigenvalue weighted by Gasteiger charge is 2.33. The van der Waals surface area contributed by atoms with Crippen LogP contribution in [0, 0.1) is 5.92 Å². The number of rotatable bonds is 7. The molecule has 1 amide bonds. The van der Waals surface area contributed by atoms with Crippen LogP contribution in [0.1, 0.15) is 45.1 Å². The molecule has 0 aromatic heterocycles. The molecule has 2 N–H and O–H groups in total. The van der Waals surface area contributed by atoms with Crippen LogP contribution in [0.2, 0.25) is 5.02 Å². The summed E-state index contributed by atoms with van der Waals surface area (Å²) >= 11 is 5.72. The maximum absolute atomic E-state index is 12.8. The van der Waals surface area contributed by atoms with E-state index < -0.39 is 56.2 Å². The van der Waals surface area contributed by atoms with Gasteiger partial charge in [0.25, 0.3) is 5.91 Å². The Hall–Kier alpha value is -1.85. The summed E-state index contributed by atoms with van der Waals surface area (Å²) in [7, 11) is -4.54. The first-order chi connectivity index (χ1) is 14.3. The number of alkyl halides is 3. The topological polar surface area (TPSA) is 102 Å². The normalized spacial score (nSPS) is 20.7. The standard InChI is InChI=1S/C19H24ClF3N2O5S/c1-11-5-3-4-6-15(11)25-18(27)12(2)30-17(26)10-24-31(28,29)16-9-13(19(21,22)23)7-8-14(16)20/h7-9,11-12,15,24H,3-6,10H2,1-2H3,(H,25,27). The highest BCUT2D eigenvalue weighted by atomic mass is 35.5. The smallest absolute Gasteiger partial charge is 0.416 e. The Morgan fingerprint density at radius 2 is 1.90 bits per heavy atom. The number of ether oxygens (including phenoxy) is 1. The first-order valence-corrected chi connectivity index (χ1v) is 11.5. The molecular weight excluding hydrogens is 461 g/mol. The molecule has 1 aromatic rings. The summed E-state index contributed by atoms with van der Waals surface area (Å²) < 4.78 is 69.9. The van der Waals surface area contributed by atoms with Gasteiger partial charge in [0.15, 0.2) is 6.10 Å². The lowest BCUT2D eigenvalue weighted by Crippen LogP contribution is -2.46. The van der Waals surface area contributed by atoms with Crippen molar-refractivity contribution in [2.45, 2.75) is 62.7 Å². The maximum atomic E-state index is 12.8. The van der Waals surface area contributed by atoms with Crippen LogP contribution in [-0.2, 0) is 30.5 Å². The Balaban J connectivity index is 1.94. The summed E-state index contributed by atoms with van der Waals surface area (Å²) in [4.78, 5) is 23.4. The van der Waals surface area contributed by atoms with Crippen LogP contribution in [0.25, 0.3) is 0 Å². The Bertz CT molecular complexity index is 924. The molecule has 1 aliphatic rings. The summed E-state index contributed by atoms with van der Waals surface area (Å²) in [5.41, 5.74) is -1.21. The molecule has 1 fully saturated rings. The van der Waals surface area contributed by atoms with Gasteiger partial charge in [0.1, 0.15) is 11.4 Å². The van der Waals surface area contributed by atoms with Crippen molar-refractivity contribution in [3.8, 4) is 0 Å². The van der Waals surface area contributed by atoms with E-state index in [9.17, 15) is 31.2 Å². The van der Waals surface area contributed by atoms with E-state index in [1.54, 1.807) is 0 Å². The van der Waals surface area contributed by atoms with Crippen molar-refractivity contribution < 1.29 is 35.9 Å². The highest BCUT2D eigenvalue weighted by Crippen LogP contribution is 2.33. The summed E-state index contributed by atoms with van der Waals surface area (Å²) in [5.74, 6) is -1.27. The number of carbonyl (C=O) groups excluding carboxylic acids is 2. The van der Waals surface area contributed by atoms with Gasteiger partial charge < -0.3 is 10.1 Å². The quantitative estimate of drug-likeness (QED) is 0.578. The molecule has 3 atom stereocenters. The van der Waals surface area contributed by atoms with Crippen molar-refractivity contribution >= 4 is 33.5 Å². The van der Waals surface area contributed by atoms with Gasteiger partial charge in [0, 0.05) is 6.04 Å². The van der Waals surface area contributed by atoms with E-state index in [1.807, 2.05) is 11.6 Å². The molecule has 0 saturated heterocycles. The SMILES string of the molecule is CC(OC(=O)CNS(=O)(=O)c1cc(C(F)(F)F)ccc1Cl)C(=O)NC1CCCCC1C. The predicted molar refractivity (Wildman–Crippen MR) is 107 cm³/mol. The third-order valence-electron chi connectivity index (χ3n) is 5.07. The van der Waals surface area contributed by atoms with Crippen molar-refractivity contribution in [2.24, 2.45) is 5.92 Å². The van der Waals surface area contributed by atoms with Crippen molar-refractivity contribution in [3.63, 3.8) is 0 Å². The molecule has 1 aliphatic carbocycles. The third-order valence-corrected chi connectivity index (χ3v) is 6.95. The second-order valence-corrected chi connectivity index (χ2v) is 9.62. The number of sulfonamides is 1. The zero-order valence-corrected chi connectivity index (χ0v) is 18.5. The van der Waals surface area contributed by atoms with Gasteiger partial charge in [-0.15, -0.1) is 0 Å². The van der Waals surface area contributed by atoms with E-state index in [4.69, 9.17) is 16.3 Å². The van der Waals surface area contributed by atoms with Crippen LogP contribution in [-0.4, -0.2) is 39.0 Å². The van der Waals surface area contributed by atoms with E-state index in [2.05, 4.69) is 5.32 Å². The lowest BCUT2D eigenvalue weighted by molar-refractivity contribution is -0.154. The van der Waals surface area contributed by atoms with E-state index in [0.29, 0.717) is 18.1 Å². The third kappa shape index (κ3) is 7.08. The molecule has 3 unspecified atom stereocenters. The van der Waals surface area contributed by atoms with E-state index in [0.717, 1.165) is 31.7 Å². The molecule has 174 valence electrons. The molecule has 31 heavy (non-hydrogen) atoms. The number of benzene rings is 1. The van der Waals surface area contributed by atoms with E-state index in [1.165, 1.54) is 6.92 Å². The second-order valence-electron chi connectivity index (χ2n) is 7.48. The number of amides is 1. The average molecular weight is 485 g/mol. The number of nitrogens with one attached hydrogen (secondary N) is 2. The molecule has 0 aliphatic heterocycles. The number of halogens is 4. The second kappa shape index (κ2) is 10.2. The number of hydrogen-bond acceptors (Lipinski definition) is 5. The lowest BCUT2D eigenvalue weighted by atomic mass is 9.86. The number of hydrogen-bond donors (Lipinski definition) is 2. The fourth-order valence-electron chi connectivity index (χ4n) is 3.24. The molecule has 0 heterocycles. The average Bonchev–Trinajstić information content (AvgIpc) is 2.67. The molecular formula is C19H24ClF3N2O5S. The Kier molecular flexibility index (Phi) is 8.34. The van der Waals surface area contributed by atoms with Crippen molar-refractivity contribution in [2.75, 3.05) is 6.54 Å². The molecule has 12 heteroatoms. The fourth-order valence-corrected chi connectivity index (χ4v) is 4.73. The molecule has 2 rings (SSSR count). The lowest BCUT2D eigenvalue weighted by Gasteiger charge is -2.30. The van der Waals surface area contributed by atoms with Crippen molar-refractivity contribution in [1.29, 1.82) is 0 Å². The fraction of sp³-hybridized carbons (Fsp3) is 0.579. The largest absolute Gasteiger partial charge is 0.452 e. The zero-order chi connectivity index (χ0) is 23.4. The van der Waals surface area contributed by atoms with Gasteiger partial charge >= 0.3 is 12.1 Å². The highest BCUT2D eigenvalue weighted by molar-refractivity contribution is 7.89. The summed E-state index contributed by atoms with van der Waals surface area (Å²) in [6.45, 7) is 2.49. The van der Waals surface area contributed by atoms with Crippen LogP contribution in [0.3, 0.4) is 0 Å². The van der Waals surface area contributed by atoms with Gasteiger partial charge in [-0.1, -0.05) is 31.4 Å². The van der Waals surface area contributed by atoms with Crippen LogP contribution < -0.4 is 10.0 Å². The summed E-state index contributed by atoms with van der Waals surface area (Å²) in [5, 5.41) is 2.38. The maximum Gasteiger partial charge on any atom is 0.416 e. The van der Waals surface area contributed by atoms with Gasteiger partial charge in [-0.25, -0.2) is 8.42 Å². The van der Waals surface area contributed by atoms with E-state index in [-0.39, 0.29) is 6.04 Å². The predicted octanol–water partition coefficient (Wildman–Crippen LogP) is 3.26. The minimum Gasteiger partial charge on any atom is -0.452 e. The van der Waals surface area contributed by atoms with Crippen LogP contribution in [0.4, 0.5) is 13.2 Å². The molecule has 1 aromatic carbocycles. The molecule has 1 saturated carbocycles. The molecule has 0 radical (unpaired) electrons. The summed E-state index contributed by atoms with van der Waals surface area (Å²) in [6.07, 6.45) is -2.04. The number of esters is 1. The molecule has 7 nitrogen and oxygen atoms in total. The zero-order valence-electron chi connectivity index (χ0n) is 17.0. The minimum atomic E-state index is -4.77. The van der Waals surface area contributed by atoms with Gasteiger partial charge in [-0.2, -0.15) is 17.9 Å². The Labute approximate surface area is 183 Å². The minimum absolute atomic E-state index is 0.0241. The Morgan fingerprint density at radius 3 is 2.52 bits per heavy atom. The van der Waals surface area contributed by atoms with Crippen molar-refractivity contribution in [1.82, 2.24) is 10.0 Å². The summed E-state index contributed by atoms with van der Waals surface area (Å²) in [6, 6.07) is 1.79. The van der Waals surface area contributed by atoms with Crippen LogP contribution in [0.15, 0.2) is 23.1 Å². The molecule has 0 spiro atoms. The van der Waals surface area contributed by atoms with Crippen LogP contribution >= 0.6 is 11.6 Å². The monoisotopic (exact) mass is 484 g/mol. The van der Waals surface area contributed by atoms with Gasteiger partial charge in [-0.3, -0.25) is 9.59 Å². The Morgan fingerprint density at radius 1 is 1.26 bits per heavy atom. The van der Waals surface area contributed by atoms with Gasteiger partial charge in [0.2, 0.25) is 10.0 Å². The van der Waals surface area contributed by atoms with Gasteiger partial charge in [-0.05, 0) is 43.9 Å². The van der Waals surface area contributed by atoms with Gasteiger partial charge in [0.05, 0.1) is 10.6 Å². The van der Waals surface area contributed by atoms with E-state index >= 15 is 0 Å². The number of carbonyl (C=O) groups is 2. The first kappa shape index (κ1) is 25.4. The van der Waals surface area contributed by atoms with Crippen molar-refractivity contribution in [3.05, 3.63) is 28.8 Å².